The number of rotatable bonds is 6. The summed E-state index contributed by atoms with van der Waals surface area (Å²) in [5.74, 6) is 2.90. The van der Waals surface area contributed by atoms with Gasteiger partial charge in [0.05, 0.1) is 0 Å². The Morgan fingerprint density at radius 2 is 1.87 bits per heavy atom. The zero-order valence-corrected chi connectivity index (χ0v) is 19.2. The number of aromatic nitrogens is 2. The van der Waals surface area contributed by atoms with Crippen LogP contribution >= 0.6 is 11.3 Å². The number of benzene rings is 2. The van der Waals surface area contributed by atoms with Crippen molar-refractivity contribution in [2.45, 2.75) is 39.7 Å². The van der Waals surface area contributed by atoms with E-state index in [0.717, 1.165) is 49.0 Å². The SMILES string of the molecule is Cc1ccc(CCNc2nc(-c3csc4ccccc34)nc3c2CCN3C(C)C)cc1. The maximum atomic E-state index is 5.07. The van der Waals surface area contributed by atoms with Crippen molar-refractivity contribution in [2.75, 3.05) is 23.3 Å². The number of nitrogens with one attached hydrogen (secondary N) is 1. The third kappa shape index (κ3) is 3.90. The van der Waals surface area contributed by atoms with Gasteiger partial charge in [0, 0.05) is 45.7 Å². The summed E-state index contributed by atoms with van der Waals surface area (Å²) in [4.78, 5) is 12.5. The molecule has 31 heavy (non-hydrogen) atoms. The molecule has 1 aliphatic rings. The van der Waals surface area contributed by atoms with Gasteiger partial charge in [-0.2, -0.15) is 0 Å². The van der Waals surface area contributed by atoms with Gasteiger partial charge in [-0.05, 0) is 45.2 Å². The van der Waals surface area contributed by atoms with Crippen molar-refractivity contribution in [3.63, 3.8) is 0 Å². The Bertz CT molecular complexity index is 1210. The van der Waals surface area contributed by atoms with E-state index in [1.165, 1.54) is 26.8 Å². The van der Waals surface area contributed by atoms with E-state index in [0.29, 0.717) is 6.04 Å². The molecule has 4 nitrogen and oxygen atoms in total. The van der Waals surface area contributed by atoms with E-state index in [1.54, 1.807) is 11.3 Å². The van der Waals surface area contributed by atoms with Crippen LogP contribution in [0.4, 0.5) is 11.6 Å². The summed E-state index contributed by atoms with van der Waals surface area (Å²) in [6.07, 6.45) is 1.97. The molecule has 2 aromatic carbocycles. The third-order valence-electron chi connectivity index (χ3n) is 6.03. The van der Waals surface area contributed by atoms with Gasteiger partial charge in [0.25, 0.3) is 0 Å². The Morgan fingerprint density at radius 3 is 2.68 bits per heavy atom. The number of nitrogens with zero attached hydrogens (tertiary/aromatic N) is 3. The fourth-order valence-corrected chi connectivity index (χ4v) is 5.22. The lowest BCUT2D eigenvalue weighted by Crippen LogP contribution is -2.29. The minimum Gasteiger partial charge on any atom is -0.369 e. The number of fused-ring (bicyclic) bond motifs is 2. The molecule has 5 heteroatoms. The number of hydrogen-bond acceptors (Lipinski definition) is 5. The Hall–Kier alpha value is -2.92. The van der Waals surface area contributed by atoms with Crippen molar-refractivity contribution in [2.24, 2.45) is 0 Å². The van der Waals surface area contributed by atoms with Gasteiger partial charge in [-0.3, -0.25) is 0 Å². The Morgan fingerprint density at radius 1 is 1.06 bits per heavy atom. The normalized spacial score (nSPS) is 13.2. The molecule has 0 spiro atoms. The van der Waals surface area contributed by atoms with E-state index >= 15 is 0 Å². The van der Waals surface area contributed by atoms with Crippen LogP contribution in [0.5, 0.6) is 0 Å². The summed E-state index contributed by atoms with van der Waals surface area (Å²) in [5, 5.41) is 7.06. The number of aryl methyl sites for hydroxylation is 1. The second kappa shape index (κ2) is 8.31. The van der Waals surface area contributed by atoms with Crippen LogP contribution < -0.4 is 10.2 Å². The predicted octanol–water partition coefficient (Wildman–Crippen LogP) is 6.09. The molecule has 5 rings (SSSR count). The molecular formula is C26H28N4S. The van der Waals surface area contributed by atoms with Crippen LogP contribution in [0.15, 0.2) is 53.9 Å². The fraction of sp³-hybridized carbons (Fsp3) is 0.308. The molecule has 2 aromatic heterocycles. The molecule has 0 unspecified atom stereocenters. The lowest BCUT2D eigenvalue weighted by atomic mass is 10.1. The van der Waals surface area contributed by atoms with Crippen molar-refractivity contribution in [3.8, 4) is 11.4 Å². The Labute approximate surface area is 188 Å². The summed E-state index contributed by atoms with van der Waals surface area (Å²) in [7, 11) is 0. The zero-order valence-electron chi connectivity index (χ0n) is 18.4. The third-order valence-corrected chi connectivity index (χ3v) is 7.00. The maximum Gasteiger partial charge on any atom is 0.165 e. The maximum absolute atomic E-state index is 5.07. The van der Waals surface area contributed by atoms with Gasteiger partial charge in [0.1, 0.15) is 11.6 Å². The van der Waals surface area contributed by atoms with Crippen LogP contribution in [-0.2, 0) is 12.8 Å². The molecule has 0 saturated carbocycles. The van der Waals surface area contributed by atoms with Gasteiger partial charge in [-0.25, -0.2) is 9.97 Å². The highest BCUT2D eigenvalue weighted by molar-refractivity contribution is 7.17. The van der Waals surface area contributed by atoms with Gasteiger partial charge >= 0.3 is 0 Å². The molecule has 0 radical (unpaired) electrons. The van der Waals surface area contributed by atoms with E-state index in [-0.39, 0.29) is 0 Å². The molecule has 0 saturated heterocycles. The van der Waals surface area contributed by atoms with Crippen LogP contribution in [0, 0.1) is 6.92 Å². The Balaban J connectivity index is 1.49. The molecule has 1 aliphatic heterocycles. The molecule has 0 aliphatic carbocycles. The molecule has 0 bridgehead atoms. The first-order valence-corrected chi connectivity index (χ1v) is 11.9. The minimum absolute atomic E-state index is 0.420. The lowest BCUT2D eigenvalue weighted by molar-refractivity contribution is 0.703. The van der Waals surface area contributed by atoms with Crippen LogP contribution in [0.2, 0.25) is 0 Å². The van der Waals surface area contributed by atoms with E-state index in [4.69, 9.17) is 9.97 Å². The first-order chi connectivity index (χ1) is 15.1. The van der Waals surface area contributed by atoms with E-state index < -0.39 is 0 Å². The largest absolute Gasteiger partial charge is 0.369 e. The monoisotopic (exact) mass is 428 g/mol. The minimum atomic E-state index is 0.420. The highest BCUT2D eigenvalue weighted by Gasteiger charge is 2.28. The van der Waals surface area contributed by atoms with Crippen LogP contribution in [0.25, 0.3) is 21.5 Å². The molecule has 4 aromatic rings. The summed E-state index contributed by atoms with van der Waals surface area (Å²) >= 11 is 1.76. The number of hydrogen-bond donors (Lipinski definition) is 1. The molecular weight excluding hydrogens is 400 g/mol. The van der Waals surface area contributed by atoms with Crippen LogP contribution in [0.1, 0.15) is 30.5 Å². The summed E-state index contributed by atoms with van der Waals surface area (Å²) in [6.45, 7) is 8.46. The van der Waals surface area contributed by atoms with Gasteiger partial charge in [-0.1, -0.05) is 48.0 Å². The lowest BCUT2D eigenvalue weighted by Gasteiger charge is -2.23. The first kappa shape index (κ1) is 20.0. The predicted molar refractivity (Wildman–Crippen MR) is 132 cm³/mol. The summed E-state index contributed by atoms with van der Waals surface area (Å²) in [5.41, 5.74) is 5.02. The van der Waals surface area contributed by atoms with Crippen molar-refractivity contribution in [3.05, 3.63) is 70.6 Å². The smallest absolute Gasteiger partial charge is 0.165 e. The summed E-state index contributed by atoms with van der Waals surface area (Å²) < 4.78 is 1.27. The average molecular weight is 429 g/mol. The van der Waals surface area contributed by atoms with E-state index in [2.05, 4.69) is 84.9 Å². The molecule has 1 N–H and O–H groups in total. The van der Waals surface area contributed by atoms with Gasteiger partial charge in [0.15, 0.2) is 5.82 Å². The van der Waals surface area contributed by atoms with Gasteiger partial charge < -0.3 is 10.2 Å². The molecule has 0 amide bonds. The standard InChI is InChI=1S/C26H28N4S/c1-17(2)30-15-13-21-24(27-14-12-19-10-8-18(3)9-11-19)28-25(29-26(21)30)22-16-31-23-7-5-4-6-20(22)23/h4-11,16-17H,12-15H2,1-3H3,(H,27,28,29). The summed E-state index contributed by atoms with van der Waals surface area (Å²) in [6, 6.07) is 17.7. The van der Waals surface area contributed by atoms with Crippen molar-refractivity contribution >= 4 is 33.1 Å². The number of thiophene rings is 1. The van der Waals surface area contributed by atoms with Gasteiger partial charge in [-0.15, -0.1) is 11.3 Å². The topological polar surface area (TPSA) is 41.1 Å². The molecule has 0 atom stereocenters. The molecule has 158 valence electrons. The second-order valence-corrected chi connectivity index (χ2v) is 9.45. The molecule has 0 fully saturated rings. The van der Waals surface area contributed by atoms with Crippen molar-refractivity contribution in [1.29, 1.82) is 0 Å². The van der Waals surface area contributed by atoms with E-state index in [9.17, 15) is 0 Å². The number of anilines is 2. The first-order valence-electron chi connectivity index (χ1n) is 11.0. The zero-order chi connectivity index (χ0) is 21.4. The quantitative estimate of drug-likeness (QED) is 0.403. The fourth-order valence-electron chi connectivity index (χ4n) is 4.28. The highest BCUT2D eigenvalue weighted by Crippen LogP contribution is 2.38. The molecule has 3 heterocycles. The van der Waals surface area contributed by atoms with E-state index in [1.807, 2.05) is 0 Å². The van der Waals surface area contributed by atoms with Gasteiger partial charge in [0.2, 0.25) is 0 Å². The van der Waals surface area contributed by atoms with Crippen LogP contribution in [0.3, 0.4) is 0 Å². The average Bonchev–Trinajstić information content (AvgIpc) is 3.39. The Kier molecular flexibility index (Phi) is 5.36. The highest BCUT2D eigenvalue weighted by atomic mass is 32.1. The van der Waals surface area contributed by atoms with Crippen molar-refractivity contribution in [1.82, 2.24) is 9.97 Å². The second-order valence-electron chi connectivity index (χ2n) is 8.54. The van der Waals surface area contributed by atoms with Crippen molar-refractivity contribution < 1.29 is 0 Å². The van der Waals surface area contributed by atoms with Crippen LogP contribution in [-0.4, -0.2) is 29.1 Å².